The van der Waals surface area contributed by atoms with Crippen LogP contribution in [-0.4, -0.2) is 84.9 Å². The number of hydrogen-bond donors (Lipinski definition) is 8. The summed E-state index contributed by atoms with van der Waals surface area (Å²) in [6, 6.07) is 0. The zero-order valence-electron chi connectivity index (χ0n) is 12.0. The summed E-state index contributed by atoms with van der Waals surface area (Å²) in [7, 11) is 0. The van der Waals surface area contributed by atoms with E-state index in [4.69, 9.17) is 36.6 Å². The van der Waals surface area contributed by atoms with Crippen molar-refractivity contribution in [1.82, 2.24) is 9.78 Å². The van der Waals surface area contributed by atoms with Crippen LogP contribution in [0.4, 0.5) is 5.82 Å². The molecule has 0 aliphatic carbocycles. The van der Waals surface area contributed by atoms with Crippen molar-refractivity contribution >= 4 is 17.2 Å². The normalized spacial score (nSPS) is 27.3. The third-order valence-electron chi connectivity index (χ3n) is 3.61. The molecule has 9 N–H and O–H groups in total. The first-order chi connectivity index (χ1) is 10.9. The van der Waals surface area contributed by atoms with Gasteiger partial charge in [-0.05, 0) is 0 Å². The van der Waals surface area contributed by atoms with E-state index in [0.717, 1.165) is 4.68 Å². The average molecular weight is 329 g/mol. The lowest BCUT2D eigenvalue weighted by atomic mass is 10.1. The maximum Gasteiger partial charge on any atom is 0.181 e. The lowest BCUT2D eigenvalue weighted by Crippen LogP contribution is -2.33. The molecule has 1 aromatic rings. The van der Waals surface area contributed by atoms with Crippen molar-refractivity contribution in [2.24, 2.45) is 0 Å². The smallest absolute Gasteiger partial charge is 0.181 e. The molecule has 11 heteroatoms. The Labute approximate surface area is 130 Å². The average Bonchev–Trinajstić information content (AvgIpc) is 3.04. The zero-order valence-corrected chi connectivity index (χ0v) is 12.0. The number of nitrogen functional groups attached to an aromatic ring is 1. The molecule has 0 aromatic carbocycles. The van der Waals surface area contributed by atoms with E-state index in [2.05, 4.69) is 5.10 Å². The first kappa shape index (κ1) is 17.5. The van der Waals surface area contributed by atoms with Crippen molar-refractivity contribution in [1.29, 1.82) is 10.8 Å². The second kappa shape index (κ2) is 6.70. The predicted molar refractivity (Wildman–Crippen MR) is 77.5 cm³/mol. The van der Waals surface area contributed by atoms with Gasteiger partial charge < -0.3 is 46.8 Å². The third-order valence-corrected chi connectivity index (χ3v) is 3.61. The SMILES string of the molecule is N=C(CO)c1nn([C@@H]2O[C@H](CO)[C@@H](O)[C@H]2O)c(N)c1C(=N)CO. The Morgan fingerprint density at radius 1 is 1.13 bits per heavy atom. The van der Waals surface area contributed by atoms with E-state index in [9.17, 15) is 10.2 Å². The molecular formula is C12H19N5O6. The Kier molecular flexibility index (Phi) is 5.09. The summed E-state index contributed by atoms with van der Waals surface area (Å²) in [4.78, 5) is 0. The van der Waals surface area contributed by atoms with Crippen LogP contribution >= 0.6 is 0 Å². The van der Waals surface area contributed by atoms with Gasteiger partial charge in [0.1, 0.15) is 29.8 Å². The highest BCUT2D eigenvalue weighted by atomic mass is 16.6. The van der Waals surface area contributed by atoms with E-state index in [-0.39, 0.29) is 28.5 Å². The molecule has 23 heavy (non-hydrogen) atoms. The van der Waals surface area contributed by atoms with E-state index >= 15 is 0 Å². The minimum absolute atomic E-state index is 0.0655. The Bertz CT molecular complexity index is 617. The summed E-state index contributed by atoms with van der Waals surface area (Å²) >= 11 is 0. The van der Waals surface area contributed by atoms with E-state index in [1.54, 1.807) is 0 Å². The van der Waals surface area contributed by atoms with Gasteiger partial charge in [0.15, 0.2) is 6.23 Å². The van der Waals surface area contributed by atoms with E-state index in [1.165, 1.54) is 0 Å². The summed E-state index contributed by atoms with van der Waals surface area (Å²) in [6.07, 6.45) is -5.09. The molecule has 2 heterocycles. The van der Waals surface area contributed by atoms with Crippen molar-refractivity contribution in [3.63, 3.8) is 0 Å². The van der Waals surface area contributed by atoms with Gasteiger partial charge in [0.05, 0.1) is 36.8 Å². The van der Waals surface area contributed by atoms with E-state index in [1.807, 2.05) is 0 Å². The van der Waals surface area contributed by atoms with Crippen molar-refractivity contribution in [2.75, 3.05) is 25.6 Å². The fourth-order valence-corrected chi connectivity index (χ4v) is 2.39. The largest absolute Gasteiger partial charge is 0.394 e. The molecule has 2 rings (SSSR count). The van der Waals surface area contributed by atoms with Crippen LogP contribution in [0, 0.1) is 10.8 Å². The number of nitrogens with zero attached hydrogens (tertiary/aromatic N) is 2. The van der Waals surface area contributed by atoms with Crippen molar-refractivity contribution in [3.8, 4) is 0 Å². The molecular weight excluding hydrogens is 310 g/mol. The van der Waals surface area contributed by atoms with Gasteiger partial charge in [-0.15, -0.1) is 0 Å². The number of aromatic nitrogens is 2. The van der Waals surface area contributed by atoms with Gasteiger partial charge in [-0.3, -0.25) is 0 Å². The predicted octanol–water partition coefficient (Wildman–Crippen LogP) is -3.20. The van der Waals surface area contributed by atoms with E-state index in [0.29, 0.717) is 0 Å². The minimum Gasteiger partial charge on any atom is -0.394 e. The zero-order chi connectivity index (χ0) is 17.3. The summed E-state index contributed by atoms with van der Waals surface area (Å²) in [5, 5.41) is 66.5. The highest BCUT2D eigenvalue weighted by Gasteiger charge is 2.45. The van der Waals surface area contributed by atoms with Gasteiger partial charge in [-0.25, -0.2) is 4.68 Å². The quantitative estimate of drug-likeness (QED) is 0.249. The van der Waals surface area contributed by atoms with Gasteiger partial charge >= 0.3 is 0 Å². The number of nitrogens with one attached hydrogen (secondary N) is 2. The Hall–Kier alpha value is -1.89. The molecule has 1 aromatic heterocycles. The van der Waals surface area contributed by atoms with Crippen LogP contribution in [0.25, 0.3) is 0 Å². The second-order valence-corrected chi connectivity index (χ2v) is 5.06. The second-order valence-electron chi connectivity index (χ2n) is 5.06. The van der Waals surface area contributed by atoms with Gasteiger partial charge in [0.2, 0.25) is 0 Å². The van der Waals surface area contributed by atoms with Crippen molar-refractivity contribution < 1.29 is 30.3 Å². The summed E-state index contributed by atoms with van der Waals surface area (Å²) in [6.45, 7) is -1.87. The van der Waals surface area contributed by atoms with Crippen molar-refractivity contribution in [2.45, 2.75) is 24.5 Å². The number of rotatable bonds is 6. The number of nitrogens with two attached hydrogens (primary N) is 1. The van der Waals surface area contributed by atoms with Crippen LogP contribution < -0.4 is 5.73 Å². The Balaban J connectivity index is 2.50. The summed E-state index contributed by atoms with van der Waals surface area (Å²) < 4.78 is 6.26. The maximum atomic E-state index is 10.0. The lowest BCUT2D eigenvalue weighted by molar-refractivity contribution is -0.0574. The molecule has 0 unspecified atom stereocenters. The molecule has 0 amide bonds. The highest BCUT2D eigenvalue weighted by molar-refractivity contribution is 6.13. The van der Waals surface area contributed by atoms with Crippen LogP contribution in [0.1, 0.15) is 17.5 Å². The molecule has 1 aliphatic heterocycles. The third kappa shape index (κ3) is 2.85. The minimum atomic E-state index is -1.44. The topological polar surface area (TPSA) is 202 Å². The van der Waals surface area contributed by atoms with Crippen LogP contribution in [0.5, 0.6) is 0 Å². The molecule has 0 spiro atoms. The Morgan fingerprint density at radius 2 is 1.74 bits per heavy atom. The molecule has 11 nitrogen and oxygen atoms in total. The maximum absolute atomic E-state index is 10.0. The van der Waals surface area contributed by atoms with Gasteiger partial charge in [-0.2, -0.15) is 5.10 Å². The van der Waals surface area contributed by atoms with Crippen LogP contribution in [-0.2, 0) is 4.74 Å². The van der Waals surface area contributed by atoms with Crippen molar-refractivity contribution in [3.05, 3.63) is 11.3 Å². The molecule has 1 fully saturated rings. The molecule has 0 saturated carbocycles. The first-order valence-electron chi connectivity index (χ1n) is 6.75. The van der Waals surface area contributed by atoms with Crippen LogP contribution in [0.2, 0.25) is 0 Å². The molecule has 0 bridgehead atoms. The van der Waals surface area contributed by atoms with E-state index < -0.39 is 44.4 Å². The monoisotopic (exact) mass is 329 g/mol. The molecule has 4 atom stereocenters. The number of ether oxygens (including phenoxy) is 1. The fraction of sp³-hybridized carbons (Fsp3) is 0.583. The first-order valence-corrected chi connectivity index (χ1v) is 6.75. The van der Waals surface area contributed by atoms with Gasteiger partial charge in [0, 0.05) is 0 Å². The highest BCUT2D eigenvalue weighted by Crippen LogP contribution is 2.32. The molecule has 128 valence electrons. The lowest BCUT2D eigenvalue weighted by Gasteiger charge is -2.16. The number of aliphatic hydroxyl groups is 5. The summed E-state index contributed by atoms with van der Waals surface area (Å²) in [5.41, 5.74) is 5.02. The fourth-order valence-electron chi connectivity index (χ4n) is 2.39. The molecule has 1 saturated heterocycles. The van der Waals surface area contributed by atoms with Gasteiger partial charge in [0.25, 0.3) is 0 Å². The van der Waals surface area contributed by atoms with Gasteiger partial charge in [-0.1, -0.05) is 0 Å². The number of hydrogen-bond acceptors (Lipinski definition) is 10. The number of aliphatic hydroxyl groups excluding tert-OH is 5. The standard InChI is InChI=1S/C12H19N5O6/c13-4(1-18)7-8(5(14)2-19)16-17(11(7)15)12-10(22)9(21)6(3-20)23-12/h6,9-10,12-14,18-22H,1-3,15H2/t6-,9-,10-,12-/m1/s1. The molecule has 1 aliphatic rings. The van der Waals surface area contributed by atoms with Crippen LogP contribution in [0.15, 0.2) is 0 Å². The number of anilines is 1. The Morgan fingerprint density at radius 3 is 2.22 bits per heavy atom. The van der Waals surface area contributed by atoms with Crippen LogP contribution in [0.3, 0.4) is 0 Å². The molecule has 0 radical (unpaired) electrons. The summed E-state index contributed by atoms with van der Waals surface area (Å²) in [5.74, 6) is -0.174.